The van der Waals surface area contributed by atoms with Crippen molar-refractivity contribution < 1.29 is 0 Å². The van der Waals surface area contributed by atoms with Gasteiger partial charge in [0.2, 0.25) is 0 Å². The molecular weight excluding hydrogens is 252 g/mol. The van der Waals surface area contributed by atoms with E-state index in [1.54, 1.807) is 0 Å². The Labute approximate surface area is 126 Å². The summed E-state index contributed by atoms with van der Waals surface area (Å²) >= 11 is 0. The Bertz CT molecular complexity index is 810. The largest absolute Gasteiger partial charge is 0.0619 e. The molecule has 0 nitrogen and oxygen atoms in total. The lowest BCUT2D eigenvalue weighted by atomic mass is 9.82. The SMILES string of the molecule is CC1(C)c2ccccc2-c2cc(-c3cc[c]cc3)ccc21. The Kier molecular flexibility index (Phi) is 2.56. The molecule has 0 saturated heterocycles. The van der Waals surface area contributed by atoms with Crippen LogP contribution in [0.5, 0.6) is 0 Å². The highest BCUT2D eigenvalue weighted by Crippen LogP contribution is 2.49. The molecule has 0 spiro atoms. The summed E-state index contributed by atoms with van der Waals surface area (Å²) in [5.74, 6) is 0. The summed E-state index contributed by atoms with van der Waals surface area (Å²) in [5, 5.41) is 0. The van der Waals surface area contributed by atoms with Gasteiger partial charge in [-0.3, -0.25) is 0 Å². The summed E-state index contributed by atoms with van der Waals surface area (Å²) in [5.41, 5.74) is 8.22. The van der Waals surface area contributed by atoms with Crippen LogP contribution in [0.25, 0.3) is 22.3 Å². The zero-order chi connectivity index (χ0) is 14.4. The third-order valence-electron chi connectivity index (χ3n) is 4.64. The van der Waals surface area contributed by atoms with Gasteiger partial charge in [0.05, 0.1) is 0 Å². The minimum absolute atomic E-state index is 0.0922. The molecule has 1 aliphatic carbocycles. The van der Waals surface area contributed by atoms with Crippen LogP contribution in [0.2, 0.25) is 0 Å². The number of rotatable bonds is 1. The van der Waals surface area contributed by atoms with E-state index in [0.717, 1.165) is 0 Å². The first-order chi connectivity index (χ1) is 10.2. The van der Waals surface area contributed by atoms with E-state index >= 15 is 0 Å². The second-order valence-corrected chi connectivity index (χ2v) is 6.22. The molecule has 3 aromatic rings. The van der Waals surface area contributed by atoms with Crippen LogP contribution in [0, 0.1) is 6.07 Å². The molecule has 0 heterocycles. The van der Waals surface area contributed by atoms with Gasteiger partial charge in [-0.05, 0) is 45.5 Å². The van der Waals surface area contributed by atoms with E-state index in [1.165, 1.54) is 33.4 Å². The molecule has 0 amide bonds. The molecule has 0 N–H and O–H groups in total. The van der Waals surface area contributed by atoms with Crippen LogP contribution in [-0.2, 0) is 5.41 Å². The number of hydrogen-bond acceptors (Lipinski definition) is 0. The molecule has 0 heteroatoms. The maximum Gasteiger partial charge on any atom is 0.0158 e. The summed E-state index contributed by atoms with van der Waals surface area (Å²) in [7, 11) is 0. The van der Waals surface area contributed by atoms with Crippen LogP contribution >= 0.6 is 0 Å². The van der Waals surface area contributed by atoms with Crippen molar-refractivity contribution in [3.8, 4) is 22.3 Å². The van der Waals surface area contributed by atoms with Crippen molar-refractivity contribution in [2.24, 2.45) is 0 Å². The predicted molar refractivity (Wildman–Crippen MR) is 88.3 cm³/mol. The average molecular weight is 269 g/mol. The van der Waals surface area contributed by atoms with Crippen molar-refractivity contribution in [2.75, 3.05) is 0 Å². The van der Waals surface area contributed by atoms with Crippen molar-refractivity contribution >= 4 is 0 Å². The monoisotopic (exact) mass is 269 g/mol. The molecule has 0 bridgehead atoms. The van der Waals surface area contributed by atoms with Gasteiger partial charge in [-0.2, -0.15) is 0 Å². The van der Waals surface area contributed by atoms with E-state index in [4.69, 9.17) is 0 Å². The summed E-state index contributed by atoms with van der Waals surface area (Å²) in [6, 6.07) is 26.9. The summed E-state index contributed by atoms with van der Waals surface area (Å²) in [6.45, 7) is 4.63. The van der Waals surface area contributed by atoms with Gasteiger partial charge in [0.1, 0.15) is 0 Å². The van der Waals surface area contributed by atoms with E-state index in [-0.39, 0.29) is 5.41 Å². The lowest BCUT2D eigenvalue weighted by Crippen LogP contribution is -2.14. The minimum atomic E-state index is 0.0922. The fourth-order valence-corrected chi connectivity index (χ4v) is 3.48. The van der Waals surface area contributed by atoms with Gasteiger partial charge in [-0.1, -0.05) is 74.5 Å². The highest BCUT2D eigenvalue weighted by Gasteiger charge is 2.34. The molecule has 4 rings (SSSR count). The Morgan fingerprint density at radius 3 is 2.24 bits per heavy atom. The number of hydrogen-bond donors (Lipinski definition) is 0. The molecule has 0 aromatic heterocycles. The van der Waals surface area contributed by atoms with Gasteiger partial charge < -0.3 is 0 Å². The second kappa shape index (κ2) is 4.33. The smallest absolute Gasteiger partial charge is 0.0158 e. The zero-order valence-electron chi connectivity index (χ0n) is 12.4. The van der Waals surface area contributed by atoms with Gasteiger partial charge in [0.25, 0.3) is 0 Å². The quantitative estimate of drug-likeness (QED) is 0.550. The molecule has 1 aliphatic rings. The van der Waals surface area contributed by atoms with Gasteiger partial charge in [-0.25, -0.2) is 0 Å². The molecular formula is C21H17. The number of benzene rings is 3. The first kappa shape index (κ1) is 12.4. The van der Waals surface area contributed by atoms with Crippen LogP contribution in [0.1, 0.15) is 25.0 Å². The average Bonchev–Trinajstić information content (AvgIpc) is 2.77. The summed E-state index contributed by atoms with van der Waals surface area (Å²) < 4.78 is 0. The molecule has 101 valence electrons. The maximum absolute atomic E-state index is 3.08. The highest BCUT2D eigenvalue weighted by molar-refractivity contribution is 5.84. The highest BCUT2D eigenvalue weighted by atomic mass is 14.4. The van der Waals surface area contributed by atoms with Crippen LogP contribution in [-0.4, -0.2) is 0 Å². The zero-order valence-corrected chi connectivity index (χ0v) is 12.4. The van der Waals surface area contributed by atoms with Crippen molar-refractivity contribution in [2.45, 2.75) is 19.3 Å². The molecule has 21 heavy (non-hydrogen) atoms. The van der Waals surface area contributed by atoms with Crippen LogP contribution in [0.3, 0.4) is 0 Å². The van der Waals surface area contributed by atoms with Crippen LogP contribution in [0.15, 0.2) is 66.7 Å². The Morgan fingerprint density at radius 1 is 0.714 bits per heavy atom. The molecule has 1 radical (unpaired) electrons. The Morgan fingerprint density at radius 2 is 1.43 bits per heavy atom. The standard InChI is InChI=1S/C21H17/c1-21(2)19-11-7-6-10-17(19)18-14-16(12-13-20(18)21)15-8-4-3-5-9-15/h4-14H,1-2H3. The number of fused-ring (bicyclic) bond motifs is 3. The van der Waals surface area contributed by atoms with Gasteiger partial charge in [0, 0.05) is 5.41 Å². The Balaban J connectivity index is 1.96. The molecule has 0 atom stereocenters. The third kappa shape index (κ3) is 1.76. The van der Waals surface area contributed by atoms with Crippen molar-refractivity contribution in [3.63, 3.8) is 0 Å². The van der Waals surface area contributed by atoms with Crippen LogP contribution in [0.4, 0.5) is 0 Å². The molecule has 0 fully saturated rings. The third-order valence-corrected chi connectivity index (χ3v) is 4.64. The summed E-state index contributed by atoms with van der Waals surface area (Å²) in [4.78, 5) is 0. The normalized spacial score (nSPS) is 14.6. The topological polar surface area (TPSA) is 0 Å². The first-order valence-corrected chi connectivity index (χ1v) is 7.39. The first-order valence-electron chi connectivity index (χ1n) is 7.39. The van der Waals surface area contributed by atoms with E-state index in [0.29, 0.717) is 0 Å². The maximum atomic E-state index is 3.08. The van der Waals surface area contributed by atoms with E-state index in [9.17, 15) is 0 Å². The molecule has 3 aromatic carbocycles. The van der Waals surface area contributed by atoms with Crippen molar-refractivity contribution in [1.82, 2.24) is 0 Å². The van der Waals surface area contributed by atoms with Crippen molar-refractivity contribution in [3.05, 3.63) is 83.9 Å². The lowest BCUT2D eigenvalue weighted by Gasteiger charge is -2.21. The van der Waals surface area contributed by atoms with E-state index < -0.39 is 0 Å². The van der Waals surface area contributed by atoms with Crippen molar-refractivity contribution in [1.29, 1.82) is 0 Å². The lowest BCUT2D eigenvalue weighted by molar-refractivity contribution is 0.660. The fraction of sp³-hybridized carbons (Fsp3) is 0.143. The van der Waals surface area contributed by atoms with E-state index in [2.05, 4.69) is 74.5 Å². The van der Waals surface area contributed by atoms with E-state index in [1.807, 2.05) is 12.1 Å². The minimum Gasteiger partial charge on any atom is -0.0619 e. The predicted octanol–water partition coefficient (Wildman–Crippen LogP) is 5.46. The van der Waals surface area contributed by atoms with Crippen LogP contribution < -0.4 is 0 Å². The van der Waals surface area contributed by atoms with Gasteiger partial charge in [-0.15, -0.1) is 0 Å². The second-order valence-electron chi connectivity index (χ2n) is 6.22. The fourth-order valence-electron chi connectivity index (χ4n) is 3.48. The molecule has 0 saturated carbocycles. The Hall–Kier alpha value is -2.34. The summed E-state index contributed by atoms with van der Waals surface area (Å²) in [6.07, 6.45) is 0. The molecule has 0 aliphatic heterocycles. The van der Waals surface area contributed by atoms with Gasteiger partial charge >= 0.3 is 0 Å². The molecule has 0 unspecified atom stereocenters. The van der Waals surface area contributed by atoms with Gasteiger partial charge in [0.15, 0.2) is 0 Å².